The van der Waals surface area contributed by atoms with Crippen molar-refractivity contribution < 1.29 is 0 Å². The van der Waals surface area contributed by atoms with Gasteiger partial charge < -0.3 is 0 Å². The first kappa shape index (κ1) is 33.6. The molecular formula is C53H39N3. The van der Waals surface area contributed by atoms with Crippen molar-refractivity contribution in [3.63, 3.8) is 0 Å². The van der Waals surface area contributed by atoms with E-state index in [0.717, 1.165) is 28.1 Å². The standard InChI is InChI=1S/C53H39N3/c1-32-27-47(34(3)25-45(32)49-29-37-13-5-7-15-39(37)41-17-9-11-19-43(41)49)51-31-52(56-53(55-51)36-21-23-54-24-22-36)48-28-33(2)46(26-35(48)4)50-30-38-14-6-8-16-40(38)42-18-10-12-20-44(42)50/h5-31H,1-4H3. The highest BCUT2D eigenvalue weighted by molar-refractivity contribution is 6.15. The van der Waals surface area contributed by atoms with Crippen LogP contribution < -0.4 is 0 Å². The number of benzene rings is 8. The van der Waals surface area contributed by atoms with Gasteiger partial charge in [-0.05, 0) is 158 Å². The number of aryl methyl sites for hydroxylation is 4. The number of hydrogen-bond acceptors (Lipinski definition) is 3. The second-order valence-electron chi connectivity index (χ2n) is 15.0. The number of fused-ring (bicyclic) bond motifs is 6. The molecule has 0 atom stereocenters. The molecule has 0 N–H and O–H groups in total. The maximum atomic E-state index is 5.24. The molecule has 0 aliphatic heterocycles. The number of aromatic nitrogens is 3. The predicted octanol–water partition coefficient (Wildman–Crippen LogP) is 14.1. The van der Waals surface area contributed by atoms with Gasteiger partial charge in [-0.1, -0.05) is 109 Å². The molecule has 3 heteroatoms. The van der Waals surface area contributed by atoms with Gasteiger partial charge in [0, 0.05) is 29.1 Å². The summed E-state index contributed by atoms with van der Waals surface area (Å²) in [7, 11) is 0. The summed E-state index contributed by atoms with van der Waals surface area (Å²) in [5.41, 5.74) is 14.7. The number of nitrogens with zero attached hydrogens (tertiary/aromatic N) is 3. The molecule has 0 aliphatic carbocycles. The van der Waals surface area contributed by atoms with Crippen LogP contribution in [0.3, 0.4) is 0 Å². The Balaban J connectivity index is 1.13. The Morgan fingerprint density at radius 1 is 0.321 bits per heavy atom. The molecule has 56 heavy (non-hydrogen) atoms. The van der Waals surface area contributed by atoms with Crippen LogP contribution in [0.4, 0.5) is 0 Å². The summed E-state index contributed by atoms with van der Waals surface area (Å²) in [6, 6.07) is 55.0. The average Bonchev–Trinajstić information content (AvgIpc) is 3.24. The third-order valence-electron chi connectivity index (χ3n) is 11.5. The Morgan fingerprint density at radius 2 is 0.696 bits per heavy atom. The summed E-state index contributed by atoms with van der Waals surface area (Å²) in [5, 5.41) is 10.1. The number of hydrogen-bond donors (Lipinski definition) is 0. The lowest BCUT2D eigenvalue weighted by Crippen LogP contribution is -2.00. The van der Waals surface area contributed by atoms with Gasteiger partial charge in [-0.15, -0.1) is 0 Å². The van der Waals surface area contributed by atoms with Gasteiger partial charge in [0.2, 0.25) is 0 Å². The highest BCUT2D eigenvalue weighted by Crippen LogP contribution is 2.41. The second-order valence-corrected chi connectivity index (χ2v) is 15.0. The molecule has 266 valence electrons. The molecule has 0 unspecified atom stereocenters. The molecule has 0 saturated heterocycles. The summed E-state index contributed by atoms with van der Waals surface area (Å²) >= 11 is 0. The van der Waals surface area contributed by atoms with E-state index >= 15 is 0 Å². The van der Waals surface area contributed by atoms with Crippen molar-refractivity contribution in [3.05, 3.63) is 186 Å². The molecule has 10 rings (SSSR count). The van der Waals surface area contributed by atoms with E-state index in [1.165, 1.54) is 87.6 Å². The zero-order valence-corrected chi connectivity index (χ0v) is 31.9. The highest BCUT2D eigenvalue weighted by atomic mass is 14.9. The van der Waals surface area contributed by atoms with Crippen molar-refractivity contribution >= 4 is 43.1 Å². The van der Waals surface area contributed by atoms with Crippen molar-refractivity contribution in [1.29, 1.82) is 0 Å². The van der Waals surface area contributed by atoms with Crippen LogP contribution in [0.2, 0.25) is 0 Å². The van der Waals surface area contributed by atoms with Crippen LogP contribution in [0, 0.1) is 27.7 Å². The molecule has 0 radical (unpaired) electrons. The van der Waals surface area contributed by atoms with E-state index in [1.54, 1.807) is 12.4 Å². The lowest BCUT2D eigenvalue weighted by atomic mass is 9.88. The van der Waals surface area contributed by atoms with Crippen LogP contribution in [0.5, 0.6) is 0 Å². The molecule has 0 aliphatic rings. The first-order valence-electron chi connectivity index (χ1n) is 19.3. The molecule has 0 fully saturated rings. The van der Waals surface area contributed by atoms with Crippen LogP contribution in [0.15, 0.2) is 164 Å². The molecule has 0 amide bonds. The van der Waals surface area contributed by atoms with Gasteiger partial charge >= 0.3 is 0 Å². The van der Waals surface area contributed by atoms with E-state index in [4.69, 9.17) is 9.97 Å². The zero-order valence-electron chi connectivity index (χ0n) is 31.9. The first-order chi connectivity index (χ1) is 27.4. The van der Waals surface area contributed by atoms with E-state index < -0.39 is 0 Å². The molecule has 8 aromatic carbocycles. The van der Waals surface area contributed by atoms with Crippen LogP contribution in [-0.4, -0.2) is 15.0 Å². The van der Waals surface area contributed by atoms with Gasteiger partial charge in [-0.2, -0.15) is 0 Å². The number of rotatable bonds is 5. The summed E-state index contributed by atoms with van der Waals surface area (Å²) in [6.07, 6.45) is 3.61. The van der Waals surface area contributed by atoms with Crippen molar-refractivity contribution in [1.82, 2.24) is 15.0 Å². The topological polar surface area (TPSA) is 38.7 Å². The highest BCUT2D eigenvalue weighted by Gasteiger charge is 2.19. The molecule has 0 bridgehead atoms. The van der Waals surface area contributed by atoms with Gasteiger partial charge in [0.05, 0.1) is 11.4 Å². The third kappa shape index (κ3) is 5.63. The van der Waals surface area contributed by atoms with Crippen molar-refractivity contribution in [3.8, 4) is 56.2 Å². The van der Waals surface area contributed by atoms with Gasteiger partial charge in [0.25, 0.3) is 0 Å². The largest absolute Gasteiger partial charge is 0.265 e. The minimum atomic E-state index is 0.684. The minimum absolute atomic E-state index is 0.684. The van der Waals surface area contributed by atoms with Crippen molar-refractivity contribution in [2.24, 2.45) is 0 Å². The van der Waals surface area contributed by atoms with Gasteiger partial charge in [0.15, 0.2) is 5.82 Å². The van der Waals surface area contributed by atoms with Gasteiger partial charge in [-0.3, -0.25) is 4.98 Å². The van der Waals surface area contributed by atoms with Crippen LogP contribution >= 0.6 is 0 Å². The van der Waals surface area contributed by atoms with E-state index in [9.17, 15) is 0 Å². The molecule has 2 heterocycles. The van der Waals surface area contributed by atoms with Crippen LogP contribution in [0.1, 0.15) is 22.3 Å². The fourth-order valence-electron chi connectivity index (χ4n) is 8.67. The molecular weight excluding hydrogens is 679 g/mol. The number of pyridine rings is 1. The van der Waals surface area contributed by atoms with Crippen LogP contribution in [-0.2, 0) is 0 Å². The van der Waals surface area contributed by atoms with Gasteiger partial charge in [0.1, 0.15) is 0 Å². The second kappa shape index (κ2) is 13.4. The molecule has 10 aromatic rings. The fraction of sp³-hybridized carbons (Fsp3) is 0.0755. The maximum absolute atomic E-state index is 5.24. The Labute approximate surface area is 327 Å². The van der Waals surface area contributed by atoms with E-state index in [0.29, 0.717) is 5.82 Å². The summed E-state index contributed by atoms with van der Waals surface area (Å²) < 4.78 is 0. The van der Waals surface area contributed by atoms with Crippen molar-refractivity contribution in [2.45, 2.75) is 27.7 Å². The quantitative estimate of drug-likeness (QED) is 0.166. The Kier molecular flexibility index (Phi) is 8.04. The third-order valence-corrected chi connectivity index (χ3v) is 11.5. The Bertz CT molecular complexity index is 2990. The minimum Gasteiger partial charge on any atom is -0.265 e. The maximum Gasteiger partial charge on any atom is 0.160 e. The lowest BCUT2D eigenvalue weighted by Gasteiger charge is -2.18. The molecule has 0 saturated carbocycles. The molecule has 0 spiro atoms. The lowest BCUT2D eigenvalue weighted by molar-refractivity contribution is 1.16. The molecule has 2 aromatic heterocycles. The monoisotopic (exact) mass is 717 g/mol. The summed E-state index contributed by atoms with van der Waals surface area (Å²) in [4.78, 5) is 14.8. The van der Waals surface area contributed by atoms with Crippen molar-refractivity contribution in [2.75, 3.05) is 0 Å². The van der Waals surface area contributed by atoms with E-state index in [1.807, 2.05) is 12.1 Å². The average molecular weight is 718 g/mol. The Hall–Kier alpha value is -6.97. The smallest absolute Gasteiger partial charge is 0.160 e. The SMILES string of the molecule is Cc1cc(-c2cc3ccccc3c3ccccc23)c(C)cc1-c1cc(-c2cc(C)c(-c3cc4ccccc4c4ccccc34)cc2C)nc(-c2ccncc2)n1. The zero-order chi connectivity index (χ0) is 37.9. The van der Waals surface area contributed by atoms with E-state index in [-0.39, 0.29) is 0 Å². The normalized spacial score (nSPS) is 11.6. The predicted molar refractivity (Wildman–Crippen MR) is 236 cm³/mol. The molecule has 3 nitrogen and oxygen atoms in total. The van der Waals surface area contributed by atoms with Crippen LogP contribution in [0.25, 0.3) is 99.2 Å². The Morgan fingerprint density at radius 3 is 1.16 bits per heavy atom. The summed E-state index contributed by atoms with van der Waals surface area (Å²) in [6.45, 7) is 8.84. The fourth-order valence-corrected chi connectivity index (χ4v) is 8.67. The first-order valence-corrected chi connectivity index (χ1v) is 19.3. The summed E-state index contributed by atoms with van der Waals surface area (Å²) in [5.74, 6) is 0.684. The van der Waals surface area contributed by atoms with Gasteiger partial charge in [-0.25, -0.2) is 9.97 Å². The van der Waals surface area contributed by atoms with E-state index in [2.05, 4.69) is 172 Å².